The van der Waals surface area contributed by atoms with Crippen molar-refractivity contribution in [1.82, 2.24) is 0 Å². The molecule has 0 bridgehead atoms. The topological polar surface area (TPSA) is 78.9 Å². The van der Waals surface area contributed by atoms with Crippen molar-refractivity contribution in [2.24, 2.45) is 0 Å². The fourth-order valence-corrected chi connectivity index (χ4v) is 8.92. The zero-order valence-electron chi connectivity index (χ0n) is 52.0. The summed E-state index contributed by atoms with van der Waals surface area (Å²) in [5.74, 6) is -0.918. The lowest BCUT2D eigenvalue weighted by molar-refractivity contribution is -0.167. The molecule has 1 atom stereocenters. The minimum absolute atomic E-state index is 0.0920. The molecule has 0 amide bonds. The predicted molar refractivity (Wildman–Crippen MR) is 348 cm³/mol. The normalized spacial score (nSPS) is 13.0. The van der Waals surface area contributed by atoms with E-state index in [0.29, 0.717) is 19.3 Å². The van der Waals surface area contributed by atoms with Gasteiger partial charge < -0.3 is 14.2 Å². The molecule has 6 heteroatoms. The third-order valence-corrected chi connectivity index (χ3v) is 13.9. The predicted octanol–water partition coefficient (Wildman–Crippen LogP) is 22.9. The third kappa shape index (κ3) is 64.4. The number of carbonyl (C=O) groups is 3. The SMILES string of the molecule is CC/C=C\C/C=C\C/C=C\C/C=C\C/C=C\C/C=C\C/C=C\C/C=C\C/C=C\CCCCCCCC(=O)OCC(COC(=O)CCCCCCC/C=C\C/C=C\CCCC)OC(=O)CCCCCCCCCCCCCCCCC. The van der Waals surface area contributed by atoms with Crippen LogP contribution in [0.3, 0.4) is 0 Å². The highest BCUT2D eigenvalue weighted by atomic mass is 16.6. The summed E-state index contributed by atoms with van der Waals surface area (Å²) in [6.45, 7) is 6.47. The number of rotatable bonds is 59. The second-order valence-electron chi connectivity index (χ2n) is 21.6. The van der Waals surface area contributed by atoms with E-state index in [-0.39, 0.29) is 31.1 Å². The van der Waals surface area contributed by atoms with Crippen molar-refractivity contribution in [3.8, 4) is 0 Å². The van der Waals surface area contributed by atoms with Crippen LogP contribution in [-0.4, -0.2) is 37.2 Å². The molecule has 454 valence electrons. The van der Waals surface area contributed by atoms with Gasteiger partial charge in [-0.15, -0.1) is 0 Å². The number of unbranched alkanes of at least 4 members (excludes halogenated alkanes) is 26. The summed E-state index contributed by atoms with van der Waals surface area (Å²) < 4.78 is 16.9. The second-order valence-corrected chi connectivity index (χ2v) is 21.6. The van der Waals surface area contributed by atoms with E-state index in [1.54, 1.807) is 0 Å². The lowest BCUT2D eigenvalue weighted by Gasteiger charge is -2.18. The third-order valence-electron chi connectivity index (χ3n) is 13.9. The van der Waals surface area contributed by atoms with Crippen molar-refractivity contribution in [2.45, 2.75) is 303 Å². The molecule has 0 aromatic rings. The second kappa shape index (κ2) is 67.1. The van der Waals surface area contributed by atoms with Gasteiger partial charge in [-0.05, 0) is 116 Å². The fourth-order valence-electron chi connectivity index (χ4n) is 8.92. The molecule has 80 heavy (non-hydrogen) atoms. The van der Waals surface area contributed by atoms with Gasteiger partial charge in [0.05, 0.1) is 0 Å². The first-order chi connectivity index (χ1) is 39.5. The number of hydrogen-bond donors (Lipinski definition) is 0. The van der Waals surface area contributed by atoms with Crippen LogP contribution >= 0.6 is 0 Å². The quantitative estimate of drug-likeness (QED) is 0.0261. The summed E-state index contributed by atoms with van der Waals surface area (Å²) in [6, 6.07) is 0. The van der Waals surface area contributed by atoms with E-state index in [9.17, 15) is 14.4 Å². The summed E-state index contributed by atoms with van der Waals surface area (Å²) in [5, 5.41) is 0. The summed E-state index contributed by atoms with van der Waals surface area (Å²) >= 11 is 0. The van der Waals surface area contributed by atoms with Crippen LogP contribution in [0.5, 0.6) is 0 Å². The molecule has 0 saturated heterocycles. The van der Waals surface area contributed by atoms with E-state index in [1.807, 2.05) is 0 Å². The Morgan fingerprint density at radius 2 is 0.500 bits per heavy atom. The van der Waals surface area contributed by atoms with Crippen LogP contribution in [0.2, 0.25) is 0 Å². The van der Waals surface area contributed by atoms with E-state index in [0.717, 1.165) is 161 Å². The van der Waals surface area contributed by atoms with Crippen LogP contribution in [0, 0.1) is 0 Å². The van der Waals surface area contributed by atoms with Gasteiger partial charge in [-0.3, -0.25) is 14.4 Å². The molecule has 1 unspecified atom stereocenters. The van der Waals surface area contributed by atoms with Crippen LogP contribution in [0.15, 0.2) is 134 Å². The standard InChI is InChI=1S/C74H122O6/c1-4-7-10-13-16-19-22-25-28-29-30-31-32-33-34-35-36-37-38-39-40-41-42-43-44-45-47-49-52-55-58-61-64-67-73(76)79-70-71(69-78-72(75)66-63-60-57-54-51-48-27-24-21-18-15-12-9-6-3)80-74(77)68-65-62-59-56-53-50-46-26-23-20-17-14-11-8-5-2/h7,10,15-16,18-19,24-25,27-28,30-31,33-34,36-37,39-40,42-43,45,47,71H,4-6,8-9,11-14,17,20-23,26,29,32,35,38,41,44,46,48-70H2,1-3H3/b10-7-,18-15-,19-16-,27-24-,28-25-,31-30-,34-33-,37-36-,40-39-,43-42-,47-45-. The maximum absolute atomic E-state index is 12.9. The van der Waals surface area contributed by atoms with Gasteiger partial charge in [0, 0.05) is 19.3 Å². The molecule has 0 aliphatic rings. The zero-order valence-corrected chi connectivity index (χ0v) is 52.0. The smallest absolute Gasteiger partial charge is 0.306 e. The van der Waals surface area contributed by atoms with Gasteiger partial charge in [0.1, 0.15) is 13.2 Å². The Hall–Kier alpha value is -4.45. The molecule has 0 aromatic heterocycles. The fraction of sp³-hybridized carbons (Fsp3) is 0.662. The molecular formula is C74H122O6. The first-order valence-corrected chi connectivity index (χ1v) is 33.2. The van der Waals surface area contributed by atoms with E-state index >= 15 is 0 Å². The summed E-state index contributed by atoms with van der Waals surface area (Å²) in [6.07, 6.45) is 94.6. The Bertz CT molecular complexity index is 1700. The van der Waals surface area contributed by atoms with Crippen molar-refractivity contribution < 1.29 is 28.6 Å². The van der Waals surface area contributed by atoms with Gasteiger partial charge in [0.15, 0.2) is 6.10 Å². The monoisotopic (exact) mass is 1110 g/mol. The molecule has 0 radical (unpaired) electrons. The summed E-state index contributed by atoms with van der Waals surface area (Å²) in [4.78, 5) is 38.3. The Balaban J connectivity index is 4.33. The van der Waals surface area contributed by atoms with Crippen molar-refractivity contribution >= 4 is 17.9 Å². The molecule has 0 N–H and O–H groups in total. The maximum atomic E-state index is 12.9. The Labute approximate surface area is 494 Å². The van der Waals surface area contributed by atoms with E-state index in [2.05, 4.69) is 154 Å². The van der Waals surface area contributed by atoms with Crippen LogP contribution in [0.4, 0.5) is 0 Å². The Morgan fingerprint density at radius 3 is 0.800 bits per heavy atom. The van der Waals surface area contributed by atoms with E-state index in [1.165, 1.54) is 96.3 Å². The van der Waals surface area contributed by atoms with Gasteiger partial charge in [0.2, 0.25) is 0 Å². The average Bonchev–Trinajstić information content (AvgIpc) is 3.46. The van der Waals surface area contributed by atoms with Crippen LogP contribution in [0.1, 0.15) is 297 Å². The first-order valence-electron chi connectivity index (χ1n) is 33.2. The molecule has 6 nitrogen and oxygen atoms in total. The highest BCUT2D eigenvalue weighted by molar-refractivity contribution is 5.71. The summed E-state index contributed by atoms with van der Waals surface area (Å²) in [7, 11) is 0. The number of ether oxygens (including phenoxy) is 3. The van der Waals surface area contributed by atoms with Crippen LogP contribution < -0.4 is 0 Å². The highest BCUT2D eigenvalue weighted by Gasteiger charge is 2.19. The zero-order chi connectivity index (χ0) is 57.8. The van der Waals surface area contributed by atoms with Gasteiger partial charge in [-0.1, -0.05) is 296 Å². The van der Waals surface area contributed by atoms with Gasteiger partial charge >= 0.3 is 17.9 Å². The van der Waals surface area contributed by atoms with Crippen LogP contribution in [-0.2, 0) is 28.6 Å². The first kappa shape index (κ1) is 75.5. The minimum Gasteiger partial charge on any atom is -0.462 e. The summed E-state index contributed by atoms with van der Waals surface area (Å²) in [5.41, 5.74) is 0. The molecule has 0 aliphatic heterocycles. The van der Waals surface area contributed by atoms with E-state index < -0.39 is 6.10 Å². The van der Waals surface area contributed by atoms with Crippen LogP contribution in [0.25, 0.3) is 0 Å². The minimum atomic E-state index is -0.795. The Kier molecular flexibility index (Phi) is 63.3. The van der Waals surface area contributed by atoms with Gasteiger partial charge in [-0.25, -0.2) is 0 Å². The number of hydrogen-bond acceptors (Lipinski definition) is 6. The lowest BCUT2D eigenvalue weighted by Crippen LogP contribution is -2.30. The Morgan fingerprint density at radius 1 is 0.263 bits per heavy atom. The van der Waals surface area contributed by atoms with E-state index in [4.69, 9.17) is 14.2 Å². The highest BCUT2D eigenvalue weighted by Crippen LogP contribution is 2.16. The van der Waals surface area contributed by atoms with Crippen molar-refractivity contribution in [3.63, 3.8) is 0 Å². The largest absolute Gasteiger partial charge is 0.462 e. The van der Waals surface area contributed by atoms with Gasteiger partial charge in [0.25, 0.3) is 0 Å². The molecule has 0 spiro atoms. The molecule has 0 aromatic carbocycles. The van der Waals surface area contributed by atoms with Gasteiger partial charge in [-0.2, -0.15) is 0 Å². The van der Waals surface area contributed by atoms with Crippen molar-refractivity contribution in [1.29, 1.82) is 0 Å². The molecule has 0 saturated carbocycles. The number of esters is 3. The molecule has 0 rings (SSSR count). The van der Waals surface area contributed by atoms with Crippen molar-refractivity contribution in [3.05, 3.63) is 134 Å². The molecule has 0 aliphatic carbocycles. The molecule has 0 fully saturated rings. The number of allylic oxidation sites excluding steroid dienone is 22. The number of carbonyl (C=O) groups excluding carboxylic acids is 3. The average molecular weight is 1110 g/mol. The van der Waals surface area contributed by atoms with Crippen molar-refractivity contribution in [2.75, 3.05) is 13.2 Å². The maximum Gasteiger partial charge on any atom is 0.306 e. The molecular weight excluding hydrogens is 985 g/mol. The molecule has 0 heterocycles. The lowest BCUT2D eigenvalue weighted by atomic mass is 10.0.